The molecule has 3 atom stereocenters. The van der Waals surface area contributed by atoms with Gasteiger partial charge in [-0.2, -0.15) is 15.2 Å². The molecule has 172 valence electrons. The van der Waals surface area contributed by atoms with E-state index in [2.05, 4.69) is 15.5 Å². The molecule has 0 spiro atoms. The van der Waals surface area contributed by atoms with Crippen LogP contribution in [-0.2, 0) is 0 Å². The molecular weight excluding hydrogens is 444 g/mol. The minimum absolute atomic E-state index is 0.0810. The summed E-state index contributed by atoms with van der Waals surface area (Å²) in [4.78, 5) is 13.0. The van der Waals surface area contributed by atoms with Crippen LogP contribution in [0.1, 0.15) is 40.8 Å². The minimum atomic E-state index is -3.61. The number of hydrogen-bond donors (Lipinski definition) is 2. The SMILES string of the molecule is O=C(c1cnn2c1N[C@H](c1ccccc1)C[C@H]2C(F)F)N1N=C(C(F)F)C[C@]1(O)C(F)F. The Kier molecular flexibility index (Phi) is 5.61. The van der Waals surface area contributed by atoms with Gasteiger partial charge >= 0.3 is 0 Å². The Hall–Kier alpha value is -3.09. The van der Waals surface area contributed by atoms with Crippen molar-refractivity contribution in [2.24, 2.45) is 5.10 Å². The van der Waals surface area contributed by atoms with Crippen molar-refractivity contribution in [3.8, 4) is 0 Å². The summed E-state index contributed by atoms with van der Waals surface area (Å²) in [6.07, 6.45) is -10.2. The number of rotatable bonds is 5. The molecule has 0 unspecified atom stereocenters. The second-order valence-corrected chi connectivity index (χ2v) is 7.46. The zero-order chi connectivity index (χ0) is 23.2. The molecule has 2 N–H and O–H groups in total. The quantitative estimate of drug-likeness (QED) is 0.666. The van der Waals surface area contributed by atoms with E-state index in [0.29, 0.717) is 5.56 Å². The molecule has 0 saturated carbocycles. The van der Waals surface area contributed by atoms with Gasteiger partial charge in [-0.15, -0.1) is 0 Å². The van der Waals surface area contributed by atoms with Crippen molar-refractivity contribution in [3.05, 3.63) is 47.7 Å². The van der Waals surface area contributed by atoms with E-state index >= 15 is 0 Å². The topological polar surface area (TPSA) is 82.8 Å². The third-order valence-electron chi connectivity index (χ3n) is 5.45. The standard InChI is InChI=1S/C19H17F6N5O2/c20-14(21)12-7-19(32,18(24)25)30(28-12)17(31)10-8-26-29-13(15(22)23)6-11(27-16(10)29)9-4-2-1-3-5-9/h1-5,8,11,13-15,18,27,32H,6-7H2/t11-,13-,19-/m0/s1. The lowest BCUT2D eigenvalue weighted by Crippen LogP contribution is -2.51. The van der Waals surface area contributed by atoms with Crippen molar-refractivity contribution in [2.45, 2.75) is 49.9 Å². The summed E-state index contributed by atoms with van der Waals surface area (Å²) in [6.45, 7) is 0. The summed E-state index contributed by atoms with van der Waals surface area (Å²) in [6, 6.07) is 6.38. The van der Waals surface area contributed by atoms with Crippen molar-refractivity contribution in [1.29, 1.82) is 0 Å². The third-order valence-corrected chi connectivity index (χ3v) is 5.45. The van der Waals surface area contributed by atoms with Gasteiger partial charge < -0.3 is 10.4 Å². The number of nitrogens with zero attached hydrogens (tertiary/aromatic N) is 4. The highest BCUT2D eigenvalue weighted by molar-refractivity contribution is 6.02. The fourth-order valence-electron chi connectivity index (χ4n) is 3.81. The zero-order valence-electron chi connectivity index (χ0n) is 16.2. The van der Waals surface area contributed by atoms with Gasteiger partial charge in [0.2, 0.25) is 5.72 Å². The number of nitrogens with one attached hydrogen (secondary N) is 1. The van der Waals surface area contributed by atoms with Crippen LogP contribution in [0.3, 0.4) is 0 Å². The number of halogens is 6. The van der Waals surface area contributed by atoms with Gasteiger partial charge in [-0.25, -0.2) is 31.0 Å². The maximum Gasteiger partial charge on any atom is 0.287 e. The number of anilines is 1. The minimum Gasteiger partial charge on any atom is -0.364 e. The van der Waals surface area contributed by atoms with E-state index in [1.807, 2.05) is 0 Å². The lowest BCUT2D eigenvalue weighted by Gasteiger charge is -2.33. The van der Waals surface area contributed by atoms with Gasteiger partial charge in [0.05, 0.1) is 12.2 Å². The zero-order valence-corrected chi connectivity index (χ0v) is 16.2. The summed E-state index contributed by atoms with van der Waals surface area (Å²) in [5, 5.41) is 20.0. The Labute approximate surface area is 177 Å². The highest BCUT2D eigenvalue weighted by Crippen LogP contribution is 2.41. The molecule has 0 saturated heterocycles. The van der Waals surface area contributed by atoms with E-state index in [1.165, 1.54) is 0 Å². The molecule has 0 aliphatic carbocycles. The number of amides is 1. The number of alkyl halides is 6. The second-order valence-electron chi connectivity index (χ2n) is 7.46. The Balaban J connectivity index is 1.74. The van der Waals surface area contributed by atoms with Gasteiger partial charge in [0.25, 0.3) is 25.2 Å². The molecule has 0 bridgehead atoms. The van der Waals surface area contributed by atoms with Crippen LogP contribution in [0.25, 0.3) is 0 Å². The smallest absolute Gasteiger partial charge is 0.287 e. The van der Waals surface area contributed by atoms with E-state index in [4.69, 9.17) is 0 Å². The summed E-state index contributed by atoms with van der Waals surface area (Å²) in [5.74, 6) is -1.59. The number of carbonyl (C=O) groups is 1. The lowest BCUT2D eigenvalue weighted by molar-refractivity contribution is -0.164. The maximum absolute atomic E-state index is 13.7. The van der Waals surface area contributed by atoms with Gasteiger partial charge in [-0.05, 0) is 12.0 Å². The van der Waals surface area contributed by atoms with Crippen LogP contribution in [0.15, 0.2) is 41.6 Å². The van der Waals surface area contributed by atoms with E-state index in [1.54, 1.807) is 30.3 Å². The summed E-state index contributed by atoms with van der Waals surface area (Å²) >= 11 is 0. The van der Waals surface area contributed by atoms with E-state index in [9.17, 15) is 36.2 Å². The largest absolute Gasteiger partial charge is 0.364 e. The van der Waals surface area contributed by atoms with E-state index < -0.39 is 60.7 Å². The molecule has 2 aliphatic rings. The lowest BCUT2D eigenvalue weighted by atomic mass is 9.97. The Bertz CT molecular complexity index is 1030. The molecule has 13 heteroatoms. The first-order valence-corrected chi connectivity index (χ1v) is 9.51. The van der Waals surface area contributed by atoms with Crippen LogP contribution in [-0.4, -0.2) is 56.5 Å². The van der Waals surface area contributed by atoms with Gasteiger partial charge in [0, 0.05) is 6.42 Å². The van der Waals surface area contributed by atoms with Crippen LogP contribution in [0, 0.1) is 0 Å². The van der Waals surface area contributed by atoms with Crippen molar-refractivity contribution in [2.75, 3.05) is 5.32 Å². The van der Waals surface area contributed by atoms with Crippen LogP contribution < -0.4 is 5.32 Å². The first-order valence-electron chi connectivity index (χ1n) is 9.51. The average molecular weight is 461 g/mol. The van der Waals surface area contributed by atoms with Gasteiger partial charge in [-0.1, -0.05) is 30.3 Å². The molecule has 3 heterocycles. The number of hydrogen-bond acceptors (Lipinski definition) is 5. The number of hydrazone groups is 1. The second kappa shape index (κ2) is 8.11. The predicted octanol–water partition coefficient (Wildman–Crippen LogP) is 3.67. The number of benzene rings is 1. The monoisotopic (exact) mass is 461 g/mol. The Morgan fingerprint density at radius 2 is 1.84 bits per heavy atom. The molecule has 0 fully saturated rings. The number of fused-ring (bicyclic) bond motifs is 1. The summed E-state index contributed by atoms with van der Waals surface area (Å²) in [7, 11) is 0. The van der Waals surface area contributed by atoms with Crippen molar-refractivity contribution in [1.82, 2.24) is 14.8 Å². The molecule has 2 aliphatic heterocycles. The van der Waals surface area contributed by atoms with Gasteiger partial charge in [-0.3, -0.25) is 4.79 Å². The fraction of sp³-hybridized carbons (Fsp3) is 0.421. The normalized spacial score (nSPS) is 25.3. The van der Waals surface area contributed by atoms with Crippen LogP contribution in [0.5, 0.6) is 0 Å². The predicted molar refractivity (Wildman–Crippen MR) is 99.9 cm³/mol. The average Bonchev–Trinajstić information content (AvgIpc) is 3.35. The first-order chi connectivity index (χ1) is 15.1. The molecule has 2 aromatic rings. The van der Waals surface area contributed by atoms with Gasteiger partial charge in [0.1, 0.15) is 23.1 Å². The highest BCUT2D eigenvalue weighted by atomic mass is 19.3. The molecule has 1 aromatic carbocycles. The number of aromatic nitrogens is 2. The first kappa shape index (κ1) is 22.1. The molecule has 32 heavy (non-hydrogen) atoms. The van der Waals surface area contributed by atoms with Crippen molar-refractivity contribution >= 4 is 17.4 Å². The molecule has 1 amide bonds. The fourth-order valence-corrected chi connectivity index (χ4v) is 3.81. The maximum atomic E-state index is 13.7. The Morgan fingerprint density at radius 1 is 1.16 bits per heavy atom. The summed E-state index contributed by atoms with van der Waals surface area (Å²) < 4.78 is 81.4. The van der Waals surface area contributed by atoms with Crippen LogP contribution >= 0.6 is 0 Å². The molecule has 7 nitrogen and oxygen atoms in total. The van der Waals surface area contributed by atoms with Crippen LogP contribution in [0.2, 0.25) is 0 Å². The Morgan fingerprint density at radius 3 is 2.44 bits per heavy atom. The molecule has 4 rings (SSSR count). The molecule has 0 radical (unpaired) electrons. The molecular formula is C19H17F6N5O2. The van der Waals surface area contributed by atoms with E-state index in [0.717, 1.165) is 10.9 Å². The van der Waals surface area contributed by atoms with Crippen LogP contribution in [0.4, 0.5) is 32.2 Å². The van der Waals surface area contributed by atoms with Crippen molar-refractivity contribution < 1.29 is 36.2 Å². The third kappa shape index (κ3) is 3.59. The number of carbonyl (C=O) groups excluding carboxylic acids is 1. The highest BCUT2D eigenvalue weighted by Gasteiger charge is 2.54. The summed E-state index contributed by atoms with van der Waals surface area (Å²) in [5.41, 5.74) is -4.22. The van der Waals surface area contributed by atoms with Gasteiger partial charge in [0.15, 0.2) is 0 Å². The molecule has 1 aromatic heterocycles. The van der Waals surface area contributed by atoms with Crippen molar-refractivity contribution in [3.63, 3.8) is 0 Å². The van der Waals surface area contributed by atoms with E-state index in [-0.39, 0.29) is 17.2 Å². The number of aliphatic hydroxyl groups is 1.